The summed E-state index contributed by atoms with van der Waals surface area (Å²) in [7, 11) is 0. The van der Waals surface area contributed by atoms with Crippen LogP contribution in [0.1, 0.15) is 361 Å². The maximum Gasteiger partial charge on any atom is 0.115 e. The van der Waals surface area contributed by atoms with Crippen LogP contribution in [0.2, 0.25) is 0 Å². The third-order valence-electron chi connectivity index (χ3n) is 19.3. The van der Waals surface area contributed by atoms with Crippen LogP contribution in [0.5, 0.6) is 11.5 Å². The van der Waals surface area contributed by atoms with Gasteiger partial charge in [-0.05, 0) is 256 Å². The lowest BCUT2D eigenvalue weighted by Gasteiger charge is -2.13. The predicted octanol–water partition coefficient (Wildman–Crippen LogP) is 25.1. The van der Waals surface area contributed by atoms with E-state index in [0.29, 0.717) is 0 Å². The summed E-state index contributed by atoms with van der Waals surface area (Å²) in [4.78, 5) is 0. The van der Waals surface area contributed by atoms with Crippen LogP contribution in [0.4, 0.5) is 0 Å². The van der Waals surface area contributed by atoms with Crippen molar-refractivity contribution >= 4 is 0 Å². The molecule has 0 heterocycles. The van der Waals surface area contributed by atoms with Gasteiger partial charge in [0.15, 0.2) is 0 Å². The van der Waals surface area contributed by atoms with Gasteiger partial charge in [0.1, 0.15) is 11.5 Å². The Labute approximate surface area is 598 Å². The minimum absolute atomic E-state index is 0.257. The Morgan fingerprint density at radius 2 is 0.357 bits per heavy atom. The lowest BCUT2D eigenvalue weighted by atomic mass is 9.90. The topological polar surface area (TPSA) is 40.5 Å². The molecule has 6 rings (SSSR count). The van der Waals surface area contributed by atoms with E-state index in [1.807, 2.05) is 24.3 Å². The Balaban J connectivity index is 1.48. The average Bonchev–Trinajstić information content (AvgIpc) is 0.845. The van der Waals surface area contributed by atoms with Crippen molar-refractivity contribution in [1.82, 2.24) is 0 Å². The molecule has 0 amide bonds. The normalized spacial score (nSPS) is 10.7. The molecular weight excluding hydrogens is 1190 g/mol. The van der Waals surface area contributed by atoms with Crippen LogP contribution in [0.25, 0.3) is 0 Å². The molecule has 6 aromatic rings. The van der Waals surface area contributed by atoms with Gasteiger partial charge in [-0.3, -0.25) is 0 Å². The Hall–Kier alpha value is -7.72. The summed E-state index contributed by atoms with van der Waals surface area (Å²) in [5, 5.41) is 20.0. The van der Waals surface area contributed by atoms with E-state index in [-0.39, 0.29) is 11.5 Å². The Morgan fingerprint density at radius 1 is 0.194 bits per heavy atom. The van der Waals surface area contributed by atoms with E-state index in [4.69, 9.17) is 0 Å². The highest BCUT2D eigenvalue weighted by Gasteiger charge is 2.15. The van der Waals surface area contributed by atoms with E-state index in [0.717, 1.165) is 158 Å². The van der Waals surface area contributed by atoms with Crippen molar-refractivity contribution in [2.45, 2.75) is 312 Å². The van der Waals surface area contributed by atoms with Crippen molar-refractivity contribution in [1.29, 1.82) is 0 Å². The van der Waals surface area contributed by atoms with Gasteiger partial charge in [-0.15, -0.1) is 0 Å². The molecule has 6 aromatic carbocycles. The van der Waals surface area contributed by atoms with Crippen LogP contribution in [-0.4, -0.2) is 10.2 Å². The minimum atomic E-state index is 0.257. The van der Waals surface area contributed by atoms with Crippen molar-refractivity contribution in [3.05, 3.63) is 197 Å². The zero-order valence-electron chi connectivity index (χ0n) is 62.4. The molecule has 0 aliphatic heterocycles. The summed E-state index contributed by atoms with van der Waals surface area (Å²) in [6.45, 7) is 18.3. The lowest BCUT2D eigenvalue weighted by Crippen LogP contribution is -2.01. The molecular formula is C96H122O2. The number of hydrogen-bond acceptors (Lipinski definition) is 2. The first-order chi connectivity index (χ1) is 48.1. The van der Waals surface area contributed by atoms with Gasteiger partial charge in [-0.1, -0.05) is 269 Å². The maximum atomic E-state index is 10.0. The second-order valence-corrected chi connectivity index (χ2v) is 27.7. The third kappa shape index (κ3) is 29.4. The van der Waals surface area contributed by atoms with Gasteiger partial charge in [0.2, 0.25) is 0 Å². The standard InChI is InChI=1S/C96H122O2/c1-9-17-25-33-43-79-71-91(61-63-93-75-85(47-37-29-21-13-5)89(73-87(93)49-39-31-23-15-7)59-53-77-55-65-95(97)66-56-77)83(45-35-27-19-11-3)69-81(79)51-41-42-52-82-70-84(46-36-28-20-12-4)92(72-80(82)44-34-26-18-10-2)62-64-94-76-86(48-38-30-22-14-6)90(74-88(94)50-40-32-24-16-8)60-54-78-57-67-96(98)68-58-78/h55-58,65-76,97-98H,9-40,43-50H2,1-8H3. The molecule has 0 saturated heterocycles. The van der Waals surface area contributed by atoms with Gasteiger partial charge in [0.25, 0.3) is 0 Å². The minimum Gasteiger partial charge on any atom is -0.508 e. The molecule has 0 unspecified atom stereocenters. The number of aryl methyl sites for hydroxylation is 8. The van der Waals surface area contributed by atoms with Gasteiger partial charge in [0, 0.05) is 55.6 Å². The molecule has 98 heavy (non-hydrogen) atoms. The van der Waals surface area contributed by atoms with Gasteiger partial charge in [0.05, 0.1) is 0 Å². The molecule has 2 heteroatoms. The molecule has 0 aromatic heterocycles. The van der Waals surface area contributed by atoms with Crippen LogP contribution in [0.3, 0.4) is 0 Å². The monoisotopic (exact) mass is 1310 g/mol. The molecule has 0 aliphatic rings. The number of phenols is 2. The highest BCUT2D eigenvalue weighted by Crippen LogP contribution is 2.28. The van der Waals surface area contributed by atoms with Crippen molar-refractivity contribution in [3.8, 4) is 82.5 Å². The van der Waals surface area contributed by atoms with Gasteiger partial charge in [-0.25, -0.2) is 0 Å². The fourth-order valence-electron chi connectivity index (χ4n) is 13.1. The molecule has 2 N–H and O–H groups in total. The SMILES string of the molecule is CCCCCCc1cc(C#Cc2cc(CCCCCC)c(C#Cc3ccc(O)cc3)cc2CCCCCC)c(CCCCCC)cc1C#CC#Cc1cc(CCCCCC)c(C#Cc2cc(CCCCCC)c(C#Cc3ccc(O)cc3)cc2CCCCCC)cc1CCCCCC. The van der Waals surface area contributed by atoms with E-state index in [9.17, 15) is 10.2 Å². The Kier molecular flexibility index (Phi) is 38.9. The van der Waals surface area contributed by atoms with Gasteiger partial charge >= 0.3 is 0 Å². The second kappa shape index (κ2) is 48.1. The van der Waals surface area contributed by atoms with Crippen molar-refractivity contribution in [2.24, 2.45) is 0 Å². The van der Waals surface area contributed by atoms with Gasteiger partial charge in [-0.2, -0.15) is 0 Å². The van der Waals surface area contributed by atoms with Crippen LogP contribution in [0, 0.1) is 71.0 Å². The maximum absolute atomic E-state index is 10.0. The number of rotatable bonds is 40. The first kappa shape index (κ1) is 79.3. The summed E-state index contributed by atoms with van der Waals surface area (Å²) < 4.78 is 0. The summed E-state index contributed by atoms with van der Waals surface area (Å²) in [6.07, 6.45) is 45.8. The predicted molar refractivity (Wildman–Crippen MR) is 422 cm³/mol. The number of hydrogen-bond donors (Lipinski definition) is 2. The summed E-state index contributed by atoms with van der Waals surface area (Å²) >= 11 is 0. The van der Waals surface area contributed by atoms with E-state index >= 15 is 0 Å². The van der Waals surface area contributed by atoms with E-state index in [1.165, 1.54) is 199 Å². The number of aromatic hydroxyl groups is 2. The first-order valence-corrected chi connectivity index (χ1v) is 39.4. The first-order valence-electron chi connectivity index (χ1n) is 39.4. The summed E-state index contributed by atoms with van der Waals surface area (Å²) in [5.74, 6) is 44.4. The zero-order valence-corrected chi connectivity index (χ0v) is 62.4. The molecule has 0 fully saturated rings. The van der Waals surface area contributed by atoms with Crippen LogP contribution < -0.4 is 0 Å². The quantitative estimate of drug-likeness (QED) is 0.0297. The fraction of sp³-hybridized carbons (Fsp3) is 0.500. The molecule has 0 saturated carbocycles. The second-order valence-electron chi connectivity index (χ2n) is 27.7. The molecule has 2 nitrogen and oxygen atoms in total. The zero-order chi connectivity index (χ0) is 69.6. The smallest absolute Gasteiger partial charge is 0.115 e. The fourth-order valence-corrected chi connectivity index (χ4v) is 13.1. The van der Waals surface area contributed by atoms with E-state index < -0.39 is 0 Å². The van der Waals surface area contributed by atoms with E-state index in [2.05, 4.69) is 175 Å². The molecule has 0 bridgehead atoms. The lowest BCUT2D eigenvalue weighted by molar-refractivity contribution is 0.474. The van der Waals surface area contributed by atoms with Crippen molar-refractivity contribution in [3.63, 3.8) is 0 Å². The number of phenolic OH excluding ortho intramolecular Hbond substituents is 2. The van der Waals surface area contributed by atoms with Crippen LogP contribution >= 0.6 is 0 Å². The van der Waals surface area contributed by atoms with Crippen molar-refractivity contribution in [2.75, 3.05) is 0 Å². The van der Waals surface area contributed by atoms with Crippen LogP contribution in [0.15, 0.2) is 97.1 Å². The third-order valence-corrected chi connectivity index (χ3v) is 19.3. The summed E-state index contributed by atoms with van der Waals surface area (Å²) in [5.41, 5.74) is 21.1. The van der Waals surface area contributed by atoms with Crippen molar-refractivity contribution < 1.29 is 10.2 Å². The highest BCUT2D eigenvalue weighted by molar-refractivity contribution is 5.61. The largest absolute Gasteiger partial charge is 0.508 e. The molecule has 0 atom stereocenters. The van der Waals surface area contributed by atoms with Crippen LogP contribution in [-0.2, 0) is 51.4 Å². The molecule has 518 valence electrons. The van der Waals surface area contributed by atoms with E-state index in [1.54, 1.807) is 24.3 Å². The van der Waals surface area contributed by atoms with Gasteiger partial charge < -0.3 is 10.2 Å². The molecule has 0 aliphatic carbocycles. The Bertz CT molecular complexity index is 3490. The summed E-state index contributed by atoms with van der Waals surface area (Å²) in [6, 6.07) is 33.7. The highest BCUT2D eigenvalue weighted by atomic mass is 16.3. The number of benzene rings is 6. The molecule has 0 radical (unpaired) electrons. The average molecular weight is 1310 g/mol. The number of unbranched alkanes of at least 4 members (excludes halogenated alkanes) is 24. The Morgan fingerprint density at radius 3 is 0.531 bits per heavy atom. The molecule has 0 spiro atoms.